The quantitative estimate of drug-likeness (QED) is 0.697. The smallest absolute Gasteiger partial charge is 0.322 e. The number of hydrogen-bond acceptors (Lipinski definition) is 5. The van der Waals surface area contributed by atoms with Crippen molar-refractivity contribution in [3.8, 4) is 11.8 Å². The molecule has 9 heteroatoms. The Bertz CT molecular complexity index is 1050. The van der Waals surface area contributed by atoms with Crippen LogP contribution in [0.15, 0.2) is 53.4 Å². The van der Waals surface area contributed by atoms with Crippen LogP contribution in [0.3, 0.4) is 0 Å². The molecule has 27 heavy (non-hydrogen) atoms. The van der Waals surface area contributed by atoms with Crippen molar-refractivity contribution in [1.82, 2.24) is 14.8 Å². The van der Waals surface area contributed by atoms with Crippen molar-refractivity contribution in [2.75, 3.05) is 0 Å². The average Bonchev–Trinajstić information content (AvgIpc) is 3.05. The number of nitrogens with zero attached hydrogens (tertiary/aromatic N) is 3. The molecule has 0 spiro atoms. The molecule has 142 valence electrons. The zero-order valence-electron chi connectivity index (χ0n) is 14.8. The molecule has 0 saturated carbocycles. The van der Waals surface area contributed by atoms with Crippen LogP contribution in [0.1, 0.15) is 31.2 Å². The lowest BCUT2D eigenvalue weighted by Gasteiger charge is -2.16. The summed E-state index contributed by atoms with van der Waals surface area (Å²) in [5, 5.41) is 13.6. The third-order valence-electron chi connectivity index (χ3n) is 4.16. The SMILES string of the molecule is CCn1c(Oc2ccc(F)cc2)nnc1[C@H](C)c1ccccc1S(N)(=O)=O. The zero-order valence-corrected chi connectivity index (χ0v) is 15.6. The number of primary sulfonamides is 1. The highest BCUT2D eigenvalue weighted by Crippen LogP contribution is 2.30. The third-order valence-corrected chi connectivity index (χ3v) is 5.15. The molecule has 0 bridgehead atoms. The van der Waals surface area contributed by atoms with Gasteiger partial charge in [-0.15, -0.1) is 5.10 Å². The maximum Gasteiger partial charge on any atom is 0.322 e. The molecule has 2 N–H and O–H groups in total. The van der Waals surface area contributed by atoms with E-state index >= 15 is 0 Å². The lowest BCUT2D eigenvalue weighted by molar-refractivity contribution is 0.409. The van der Waals surface area contributed by atoms with Crippen molar-refractivity contribution < 1.29 is 17.5 Å². The van der Waals surface area contributed by atoms with Gasteiger partial charge in [0.15, 0.2) is 0 Å². The van der Waals surface area contributed by atoms with Crippen molar-refractivity contribution >= 4 is 10.0 Å². The maximum absolute atomic E-state index is 13.1. The van der Waals surface area contributed by atoms with Crippen LogP contribution in [0.25, 0.3) is 0 Å². The number of sulfonamides is 1. The van der Waals surface area contributed by atoms with Crippen LogP contribution in [0.2, 0.25) is 0 Å². The summed E-state index contributed by atoms with van der Waals surface area (Å²) < 4.78 is 44.3. The summed E-state index contributed by atoms with van der Waals surface area (Å²) in [6.45, 7) is 4.21. The molecular weight excluding hydrogens is 371 g/mol. The van der Waals surface area contributed by atoms with Gasteiger partial charge >= 0.3 is 6.01 Å². The maximum atomic E-state index is 13.1. The fourth-order valence-corrected chi connectivity index (χ4v) is 3.68. The molecule has 1 aromatic heterocycles. The first-order valence-corrected chi connectivity index (χ1v) is 9.84. The van der Waals surface area contributed by atoms with E-state index in [1.54, 1.807) is 22.8 Å². The van der Waals surface area contributed by atoms with Crippen molar-refractivity contribution in [1.29, 1.82) is 0 Å². The number of hydrogen-bond donors (Lipinski definition) is 1. The van der Waals surface area contributed by atoms with Crippen molar-refractivity contribution in [2.24, 2.45) is 5.14 Å². The van der Waals surface area contributed by atoms with Gasteiger partial charge in [-0.05, 0) is 42.8 Å². The summed E-state index contributed by atoms with van der Waals surface area (Å²) in [4.78, 5) is 0.0455. The highest BCUT2D eigenvalue weighted by molar-refractivity contribution is 7.89. The summed E-state index contributed by atoms with van der Waals surface area (Å²) in [5.41, 5.74) is 0.524. The minimum absolute atomic E-state index is 0.0455. The van der Waals surface area contributed by atoms with Gasteiger partial charge in [-0.3, -0.25) is 4.57 Å². The van der Waals surface area contributed by atoms with E-state index in [2.05, 4.69) is 10.2 Å². The standard InChI is InChI=1S/C18H19FN4O3S/c1-3-23-17(12(2)15-6-4-5-7-16(15)27(20,24)25)21-22-18(23)26-14-10-8-13(19)9-11-14/h4-12H,3H2,1-2H3,(H2,20,24,25)/t12-/m1/s1. The number of nitrogens with two attached hydrogens (primary N) is 1. The molecule has 0 radical (unpaired) electrons. The average molecular weight is 390 g/mol. The Kier molecular flexibility index (Phi) is 5.24. The van der Waals surface area contributed by atoms with E-state index in [0.29, 0.717) is 23.7 Å². The van der Waals surface area contributed by atoms with E-state index in [9.17, 15) is 12.8 Å². The van der Waals surface area contributed by atoms with Crippen LogP contribution in [0, 0.1) is 5.82 Å². The monoisotopic (exact) mass is 390 g/mol. The molecule has 7 nitrogen and oxygen atoms in total. The van der Waals surface area contributed by atoms with Crippen LogP contribution in [0.4, 0.5) is 4.39 Å². The molecule has 0 aliphatic rings. The summed E-state index contributed by atoms with van der Waals surface area (Å²) in [6.07, 6.45) is 0. The topological polar surface area (TPSA) is 100 Å². The Balaban J connectivity index is 1.99. The van der Waals surface area contributed by atoms with Gasteiger partial charge in [0.1, 0.15) is 17.4 Å². The van der Waals surface area contributed by atoms with Crippen LogP contribution in [-0.4, -0.2) is 23.2 Å². The van der Waals surface area contributed by atoms with Gasteiger partial charge in [0.05, 0.1) is 4.90 Å². The van der Waals surface area contributed by atoms with E-state index in [0.717, 1.165) is 0 Å². The Morgan fingerprint density at radius 1 is 1.15 bits per heavy atom. The number of ether oxygens (including phenoxy) is 1. The molecule has 1 atom stereocenters. The molecular formula is C18H19FN4O3S. The molecule has 0 aliphatic heterocycles. The fraction of sp³-hybridized carbons (Fsp3) is 0.222. The van der Waals surface area contributed by atoms with Crippen LogP contribution >= 0.6 is 0 Å². The highest BCUT2D eigenvalue weighted by atomic mass is 32.2. The van der Waals surface area contributed by atoms with Crippen molar-refractivity contribution in [3.63, 3.8) is 0 Å². The summed E-state index contributed by atoms with van der Waals surface area (Å²) in [5.74, 6) is 0.194. The van der Waals surface area contributed by atoms with Gasteiger partial charge in [-0.1, -0.05) is 30.2 Å². The normalized spacial score (nSPS) is 12.7. The second-order valence-corrected chi connectivity index (χ2v) is 7.48. The molecule has 0 aliphatic carbocycles. The number of rotatable bonds is 6. The second-order valence-electron chi connectivity index (χ2n) is 5.95. The van der Waals surface area contributed by atoms with Crippen molar-refractivity contribution in [3.05, 3.63) is 65.7 Å². The molecule has 2 aromatic carbocycles. The predicted molar refractivity (Wildman–Crippen MR) is 97.5 cm³/mol. The third kappa shape index (κ3) is 3.99. The molecule has 0 unspecified atom stereocenters. The summed E-state index contributed by atoms with van der Waals surface area (Å²) in [6, 6.07) is 12.3. The van der Waals surface area contributed by atoms with E-state index in [1.807, 2.05) is 13.8 Å². The Labute approximate surface area is 156 Å². The first-order chi connectivity index (χ1) is 12.8. The predicted octanol–water partition coefficient (Wildman–Crippen LogP) is 3.03. The number of benzene rings is 2. The van der Waals surface area contributed by atoms with Gasteiger partial charge in [0.2, 0.25) is 10.0 Å². The van der Waals surface area contributed by atoms with Gasteiger partial charge in [-0.25, -0.2) is 17.9 Å². The first-order valence-electron chi connectivity index (χ1n) is 8.29. The largest absolute Gasteiger partial charge is 0.424 e. The lowest BCUT2D eigenvalue weighted by atomic mass is 10.0. The second kappa shape index (κ2) is 7.45. The van der Waals surface area contributed by atoms with E-state index in [4.69, 9.17) is 9.88 Å². The molecule has 3 rings (SSSR count). The summed E-state index contributed by atoms with van der Waals surface area (Å²) in [7, 11) is -3.88. The Hall–Kier alpha value is -2.78. The Morgan fingerprint density at radius 3 is 2.44 bits per heavy atom. The van der Waals surface area contributed by atoms with E-state index in [-0.39, 0.29) is 16.7 Å². The Morgan fingerprint density at radius 2 is 1.81 bits per heavy atom. The lowest BCUT2D eigenvalue weighted by Crippen LogP contribution is -2.17. The van der Waals surface area contributed by atoms with Gasteiger partial charge in [0, 0.05) is 12.5 Å². The molecule has 0 amide bonds. The molecule has 3 aromatic rings. The number of aromatic nitrogens is 3. The van der Waals surface area contributed by atoms with Crippen LogP contribution in [0.5, 0.6) is 11.8 Å². The molecule has 0 fully saturated rings. The van der Waals surface area contributed by atoms with Crippen LogP contribution < -0.4 is 9.88 Å². The summed E-state index contributed by atoms with van der Waals surface area (Å²) >= 11 is 0. The van der Waals surface area contributed by atoms with E-state index in [1.165, 1.54) is 30.3 Å². The fourth-order valence-electron chi connectivity index (χ4n) is 2.84. The van der Waals surface area contributed by atoms with Crippen molar-refractivity contribution in [2.45, 2.75) is 31.2 Å². The van der Waals surface area contributed by atoms with Gasteiger partial charge in [-0.2, -0.15) is 0 Å². The van der Waals surface area contributed by atoms with Gasteiger partial charge in [0.25, 0.3) is 0 Å². The molecule has 0 saturated heterocycles. The minimum Gasteiger partial charge on any atom is -0.424 e. The minimum atomic E-state index is -3.88. The highest BCUT2D eigenvalue weighted by Gasteiger charge is 2.24. The van der Waals surface area contributed by atoms with E-state index < -0.39 is 15.9 Å². The zero-order chi connectivity index (χ0) is 19.6. The van der Waals surface area contributed by atoms with Crippen LogP contribution in [-0.2, 0) is 16.6 Å². The van der Waals surface area contributed by atoms with Gasteiger partial charge < -0.3 is 4.74 Å². The number of halogens is 1. The first kappa shape index (κ1) is 19.0. The molecule has 1 heterocycles.